The second-order valence-corrected chi connectivity index (χ2v) is 2.80. The third-order valence-corrected chi connectivity index (χ3v) is 1.86. The van der Waals surface area contributed by atoms with Gasteiger partial charge in [-0.05, 0) is 23.9 Å². The number of hydrogen-bond acceptors (Lipinski definition) is 3. The van der Waals surface area contributed by atoms with Crippen molar-refractivity contribution in [2.45, 2.75) is 4.90 Å². The summed E-state index contributed by atoms with van der Waals surface area (Å²) >= 11 is 0.560. The van der Waals surface area contributed by atoms with Crippen molar-refractivity contribution in [3.8, 4) is 5.40 Å². The topological polar surface area (TPSA) is 49.8 Å². The quantitative estimate of drug-likeness (QED) is 0.415. The molecule has 0 radical (unpaired) electrons. The molecular weight excluding hydrogens is 182 g/mol. The van der Waals surface area contributed by atoms with E-state index in [1.54, 1.807) is 5.40 Å². The molecule has 62 valence electrons. The highest BCUT2D eigenvalue weighted by Crippen LogP contribution is 2.25. The summed E-state index contributed by atoms with van der Waals surface area (Å²) in [4.78, 5) is -0.0517. The van der Waals surface area contributed by atoms with Gasteiger partial charge in [0.15, 0.2) is 11.6 Å². The van der Waals surface area contributed by atoms with E-state index < -0.39 is 11.6 Å². The van der Waals surface area contributed by atoms with E-state index >= 15 is 0 Å². The zero-order chi connectivity index (χ0) is 9.14. The highest BCUT2D eigenvalue weighted by molar-refractivity contribution is 8.03. The first-order valence-corrected chi connectivity index (χ1v) is 3.78. The summed E-state index contributed by atoms with van der Waals surface area (Å²) < 4.78 is 25.5. The average Bonchev–Trinajstić information content (AvgIpc) is 2.07. The van der Waals surface area contributed by atoms with Crippen molar-refractivity contribution in [3.63, 3.8) is 0 Å². The molecule has 0 spiro atoms. The Bertz CT molecular complexity index is 346. The molecular formula is C7H4F2N2S. The van der Waals surface area contributed by atoms with Gasteiger partial charge in [-0.25, -0.2) is 8.78 Å². The summed E-state index contributed by atoms with van der Waals surface area (Å²) in [5.74, 6) is -2.17. The minimum atomic E-state index is -1.10. The van der Waals surface area contributed by atoms with E-state index in [4.69, 9.17) is 11.0 Å². The molecule has 5 heteroatoms. The molecule has 0 saturated heterocycles. The van der Waals surface area contributed by atoms with Crippen molar-refractivity contribution in [1.82, 2.24) is 0 Å². The zero-order valence-electron chi connectivity index (χ0n) is 5.84. The first-order valence-electron chi connectivity index (χ1n) is 2.96. The van der Waals surface area contributed by atoms with Gasteiger partial charge in [0.2, 0.25) is 0 Å². The molecule has 0 fully saturated rings. The third-order valence-electron chi connectivity index (χ3n) is 1.23. The fraction of sp³-hybridized carbons (Fsp3) is 0. The molecule has 0 amide bonds. The van der Waals surface area contributed by atoms with Gasteiger partial charge in [-0.15, -0.1) is 0 Å². The summed E-state index contributed by atoms with van der Waals surface area (Å²) in [5.41, 5.74) is 4.82. The molecule has 2 nitrogen and oxygen atoms in total. The SMILES string of the molecule is N#CSc1ccc(N)c(F)c1F. The number of halogens is 2. The maximum Gasteiger partial charge on any atom is 0.182 e. The average molecular weight is 186 g/mol. The zero-order valence-corrected chi connectivity index (χ0v) is 6.66. The van der Waals surface area contributed by atoms with Crippen LogP contribution in [0.3, 0.4) is 0 Å². The molecule has 0 bridgehead atoms. The molecule has 0 aromatic heterocycles. The van der Waals surface area contributed by atoms with Crippen LogP contribution in [0.1, 0.15) is 0 Å². The Morgan fingerprint density at radius 2 is 2.00 bits per heavy atom. The molecule has 1 rings (SSSR count). The number of hydrogen-bond donors (Lipinski definition) is 1. The van der Waals surface area contributed by atoms with Crippen molar-refractivity contribution in [2.24, 2.45) is 0 Å². The summed E-state index contributed by atoms with van der Waals surface area (Å²) in [6, 6.07) is 2.49. The fourth-order valence-corrected chi connectivity index (χ4v) is 1.09. The van der Waals surface area contributed by atoms with Crippen LogP contribution < -0.4 is 5.73 Å². The number of benzene rings is 1. The smallest absolute Gasteiger partial charge is 0.182 e. The first kappa shape index (κ1) is 8.81. The molecule has 0 saturated carbocycles. The maximum atomic E-state index is 12.8. The normalized spacial score (nSPS) is 9.42. The molecule has 0 heterocycles. The number of nitrogens with two attached hydrogens (primary N) is 1. The Morgan fingerprint density at radius 3 is 2.58 bits per heavy atom. The van der Waals surface area contributed by atoms with Crippen LogP contribution in [0.2, 0.25) is 0 Å². The van der Waals surface area contributed by atoms with E-state index in [9.17, 15) is 8.78 Å². The van der Waals surface area contributed by atoms with Crippen LogP contribution in [0.5, 0.6) is 0 Å². The molecule has 0 aliphatic carbocycles. The summed E-state index contributed by atoms with van der Waals surface area (Å²) in [7, 11) is 0. The molecule has 0 aliphatic rings. The summed E-state index contributed by atoms with van der Waals surface area (Å²) in [6.45, 7) is 0. The molecule has 0 unspecified atom stereocenters. The molecule has 12 heavy (non-hydrogen) atoms. The van der Waals surface area contributed by atoms with Gasteiger partial charge in [-0.1, -0.05) is 0 Å². The van der Waals surface area contributed by atoms with E-state index in [2.05, 4.69) is 0 Å². The Kier molecular flexibility index (Phi) is 2.51. The minimum Gasteiger partial charge on any atom is -0.396 e. The Labute approximate surface area is 72.0 Å². The van der Waals surface area contributed by atoms with E-state index in [0.717, 1.165) is 0 Å². The minimum absolute atomic E-state index is 0.0517. The Morgan fingerprint density at radius 1 is 1.33 bits per heavy atom. The lowest BCUT2D eigenvalue weighted by molar-refractivity contribution is 0.495. The van der Waals surface area contributed by atoms with Gasteiger partial charge in [-0.3, -0.25) is 0 Å². The van der Waals surface area contributed by atoms with Gasteiger partial charge in [0.1, 0.15) is 5.40 Å². The number of nitriles is 1. The number of rotatable bonds is 1. The maximum absolute atomic E-state index is 12.8. The van der Waals surface area contributed by atoms with Crippen molar-refractivity contribution in [1.29, 1.82) is 5.26 Å². The molecule has 1 aromatic carbocycles. The highest BCUT2D eigenvalue weighted by Gasteiger charge is 2.11. The van der Waals surface area contributed by atoms with Gasteiger partial charge in [0.25, 0.3) is 0 Å². The van der Waals surface area contributed by atoms with E-state index in [0.29, 0.717) is 11.8 Å². The van der Waals surface area contributed by atoms with Crippen LogP contribution in [0.25, 0.3) is 0 Å². The standard InChI is InChI=1S/C7H4F2N2S/c8-6-4(11)1-2-5(7(6)9)12-3-10/h1-2H,11H2. The molecule has 0 atom stereocenters. The molecule has 1 aromatic rings. The predicted octanol–water partition coefficient (Wildman–Crippen LogP) is 2.12. The first-order chi connectivity index (χ1) is 5.66. The number of nitrogens with zero attached hydrogens (tertiary/aromatic N) is 1. The monoisotopic (exact) mass is 186 g/mol. The van der Waals surface area contributed by atoms with Crippen LogP contribution in [-0.2, 0) is 0 Å². The van der Waals surface area contributed by atoms with Crippen molar-refractivity contribution in [2.75, 3.05) is 5.73 Å². The van der Waals surface area contributed by atoms with Gasteiger partial charge < -0.3 is 5.73 Å². The summed E-state index contributed by atoms with van der Waals surface area (Å²) in [6.07, 6.45) is 0. The molecule has 2 N–H and O–H groups in total. The van der Waals surface area contributed by atoms with E-state index in [1.807, 2.05) is 0 Å². The lowest BCUT2D eigenvalue weighted by atomic mass is 10.3. The van der Waals surface area contributed by atoms with Gasteiger partial charge in [0.05, 0.1) is 10.6 Å². The summed E-state index contributed by atoms with van der Waals surface area (Å²) in [5, 5.41) is 9.84. The lowest BCUT2D eigenvalue weighted by Crippen LogP contribution is -1.95. The Balaban J connectivity index is 3.19. The lowest BCUT2D eigenvalue weighted by Gasteiger charge is -2.00. The third kappa shape index (κ3) is 1.48. The van der Waals surface area contributed by atoms with Crippen molar-refractivity contribution < 1.29 is 8.78 Å². The number of anilines is 1. The predicted molar refractivity (Wildman–Crippen MR) is 42.2 cm³/mol. The van der Waals surface area contributed by atoms with Gasteiger partial charge >= 0.3 is 0 Å². The number of thiocyanates is 1. The van der Waals surface area contributed by atoms with Crippen LogP contribution in [0.15, 0.2) is 17.0 Å². The van der Waals surface area contributed by atoms with Gasteiger partial charge in [0, 0.05) is 0 Å². The molecule has 0 aliphatic heterocycles. The van der Waals surface area contributed by atoms with Crippen molar-refractivity contribution >= 4 is 17.4 Å². The second kappa shape index (κ2) is 3.41. The second-order valence-electron chi connectivity index (χ2n) is 1.97. The van der Waals surface area contributed by atoms with E-state index in [1.165, 1.54) is 12.1 Å². The van der Waals surface area contributed by atoms with Crippen LogP contribution >= 0.6 is 11.8 Å². The van der Waals surface area contributed by atoms with Gasteiger partial charge in [-0.2, -0.15) is 5.26 Å². The van der Waals surface area contributed by atoms with Crippen LogP contribution in [0.4, 0.5) is 14.5 Å². The largest absolute Gasteiger partial charge is 0.396 e. The number of thioether (sulfide) groups is 1. The Hall–Kier alpha value is -1.28. The van der Waals surface area contributed by atoms with Crippen molar-refractivity contribution in [3.05, 3.63) is 23.8 Å². The van der Waals surface area contributed by atoms with E-state index in [-0.39, 0.29) is 10.6 Å². The van der Waals surface area contributed by atoms with Crippen LogP contribution in [-0.4, -0.2) is 0 Å². The number of nitrogen functional groups attached to an aromatic ring is 1. The highest BCUT2D eigenvalue weighted by atomic mass is 32.2. The van der Waals surface area contributed by atoms with Crippen LogP contribution in [0, 0.1) is 22.3 Å². The fourth-order valence-electron chi connectivity index (χ4n) is 0.675.